The molecule has 3 aromatic rings. The standard InChI is InChI=1S/C25H34N6O/c1-18-9-8-10-19(2)30(18)14-6-3-7-15-31-22-12-5-4-11-21(22)28-23(24(31)32)20-13-16-29(17-20)25(26)27/h4-5,11-13,16-19H,3,6-10,14-15H2,1-2H3,(H3,26,27)/t18-,19+. The van der Waals surface area contributed by atoms with Gasteiger partial charge < -0.3 is 10.3 Å². The second kappa shape index (κ2) is 9.69. The van der Waals surface area contributed by atoms with Gasteiger partial charge in [-0.1, -0.05) is 25.0 Å². The lowest BCUT2D eigenvalue weighted by molar-refractivity contribution is 0.101. The van der Waals surface area contributed by atoms with E-state index in [1.165, 1.54) is 23.8 Å². The third-order valence-electron chi connectivity index (χ3n) is 6.77. The minimum atomic E-state index is -0.0942. The van der Waals surface area contributed by atoms with Gasteiger partial charge in [-0.15, -0.1) is 0 Å². The third kappa shape index (κ3) is 4.63. The zero-order valence-electron chi connectivity index (χ0n) is 19.1. The Kier molecular flexibility index (Phi) is 6.74. The summed E-state index contributed by atoms with van der Waals surface area (Å²) in [6.45, 7) is 6.50. The van der Waals surface area contributed by atoms with Gasteiger partial charge in [0.25, 0.3) is 5.56 Å². The zero-order chi connectivity index (χ0) is 22.7. The van der Waals surface area contributed by atoms with E-state index in [4.69, 9.17) is 11.1 Å². The van der Waals surface area contributed by atoms with E-state index in [-0.39, 0.29) is 11.5 Å². The van der Waals surface area contributed by atoms with E-state index in [0.29, 0.717) is 29.9 Å². The molecule has 7 nitrogen and oxygen atoms in total. The Morgan fingerprint density at radius 3 is 2.53 bits per heavy atom. The Balaban J connectivity index is 1.49. The first kappa shape index (κ1) is 22.3. The fourth-order valence-corrected chi connectivity index (χ4v) is 4.95. The van der Waals surface area contributed by atoms with Crippen molar-refractivity contribution >= 4 is 17.0 Å². The van der Waals surface area contributed by atoms with Gasteiger partial charge in [0.2, 0.25) is 0 Å². The summed E-state index contributed by atoms with van der Waals surface area (Å²) in [4.78, 5) is 20.6. The van der Waals surface area contributed by atoms with Crippen LogP contribution in [0.15, 0.2) is 47.5 Å². The van der Waals surface area contributed by atoms with Crippen LogP contribution < -0.4 is 11.3 Å². The average molecular weight is 435 g/mol. The number of rotatable bonds is 7. The molecule has 0 bridgehead atoms. The minimum Gasteiger partial charge on any atom is -0.369 e. The largest absolute Gasteiger partial charge is 0.369 e. The number of likely N-dealkylation sites (tertiary alicyclic amines) is 1. The van der Waals surface area contributed by atoms with Gasteiger partial charge in [-0.2, -0.15) is 0 Å². The molecule has 0 aliphatic carbocycles. The predicted molar refractivity (Wildman–Crippen MR) is 130 cm³/mol. The van der Waals surface area contributed by atoms with E-state index >= 15 is 0 Å². The highest BCUT2D eigenvalue weighted by molar-refractivity contribution is 5.80. The van der Waals surface area contributed by atoms with Crippen LogP contribution in [0.4, 0.5) is 0 Å². The van der Waals surface area contributed by atoms with Gasteiger partial charge in [-0.05, 0) is 64.3 Å². The van der Waals surface area contributed by atoms with Crippen LogP contribution in [0.2, 0.25) is 0 Å². The first-order valence-corrected chi connectivity index (χ1v) is 11.7. The molecule has 2 aromatic heterocycles. The number of piperidine rings is 1. The van der Waals surface area contributed by atoms with Gasteiger partial charge in [-0.25, -0.2) is 4.98 Å². The van der Waals surface area contributed by atoms with Crippen LogP contribution >= 0.6 is 0 Å². The molecule has 1 aromatic carbocycles. The van der Waals surface area contributed by atoms with Crippen molar-refractivity contribution in [3.63, 3.8) is 0 Å². The van der Waals surface area contributed by atoms with Gasteiger partial charge >= 0.3 is 0 Å². The van der Waals surface area contributed by atoms with Crippen molar-refractivity contribution in [3.8, 4) is 11.3 Å². The Morgan fingerprint density at radius 2 is 1.81 bits per heavy atom. The molecule has 0 unspecified atom stereocenters. The first-order valence-electron chi connectivity index (χ1n) is 11.7. The van der Waals surface area contributed by atoms with Crippen molar-refractivity contribution in [3.05, 3.63) is 53.1 Å². The van der Waals surface area contributed by atoms with Gasteiger partial charge in [0.1, 0.15) is 5.69 Å². The smallest absolute Gasteiger partial charge is 0.277 e. The van der Waals surface area contributed by atoms with Gasteiger partial charge in [0.05, 0.1) is 11.0 Å². The van der Waals surface area contributed by atoms with Crippen molar-refractivity contribution in [2.45, 2.75) is 71.0 Å². The number of unbranched alkanes of at least 4 members (excludes halogenated alkanes) is 2. The van der Waals surface area contributed by atoms with Crippen molar-refractivity contribution in [1.29, 1.82) is 5.41 Å². The number of hydrogen-bond acceptors (Lipinski definition) is 4. The number of para-hydroxylation sites is 2. The van der Waals surface area contributed by atoms with E-state index in [1.807, 2.05) is 28.8 Å². The summed E-state index contributed by atoms with van der Waals surface area (Å²) in [6, 6.07) is 10.9. The maximum absolute atomic E-state index is 13.4. The molecule has 0 amide bonds. The number of aryl methyl sites for hydroxylation is 1. The van der Waals surface area contributed by atoms with E-state index < -0.39 is 0 Å². The first-order chi connectivity index (χ1) is 15.5. The number of aromatic nitrogens is 3. The van der Waals surface area contributed by atoms with Gasteiger partial charge in [0.15, 0.2) is 5.96 Å². The normalized spacial score (nSPS) is 19.4. The number of nitrogens with zero attached hydrogens (tertiary/aromatic N) is 4. The monoisotopic (exact) mass is 434 g/mol. The van der Waals surface area contributed by atoms with Crippen molar-refractivity contribution in [2.24, 2.45) is 5.73 Å². The predicted octanol–water partition coefficient (Wildman–Crippen LogP) is 4.04. The quantitative estimate of drug-likeness (QED) is 0.333. The van der Waals surface area contributed by atoms with E-state index in [0.717, 1.165) is 36.8 Å². The minimum absolute atomic E-state index is 0.0882. The highest BCUT2D eigenvalue weighted by atomic mass is 16.1. The Bertz CT molecular complexity index is 1140. The molecule has 3 heterocycles. The van der Waals surface area contributed by atoms with Gasteiger partial charge in [-0.3, -0.25) is 19.7 Å². The molecule has 3 N–H and O–H groups in total. The molecular weight excluding hydrogens is 400 g/mol. The molecule has 1 fully saturated rings. The lowest BCUT2D eigenvalue weighted by atomic mass is 9.97. The fraction of sp³-hybridized carbons (Fsp3) is 0.480. The third-order valence-corrected chi connectivity index (χ3v) is 6.77. The highest BCUT2D eigenvalue weighted by Crippen LogP contribution is 2.23. The molecule has 170 valence electrons. The molecule has 0 spiro atoms. The van der Waals surface area contributed by atoms with Crippen LogP contribution in [0.1, 0.15) is 52.4 Å². The number of hydrogen-bond donors (Lipinski definition) is 2. The van der Waals surface area contributed by atoms with Crippen molar-refractivity contribution in [2.75, 3.05) is 6.54 Å². The number of nitrogens with two attached hydrogens (primary N) is 1. The highest BCUT2D eigenvalue weighted by Gasteiger charge is 2.23. The molecule has 0 radical (unpaired) electrons. The molecule has 1 aliphatic heterocycles. The second-order valence-corrected chi connectivity index (χ2v) is 9.03. The summed E-state index contributed by atoms with van der Waals surface area (Å²) in [5, 5.41) is 7.60. The average Bonchev–Trinajstić information content (AvgIpc) is 3.27. The van der Waals surface area contributed by atoms with Crippen molar-refractivity contribution < 1.29 is 0 Å². The zero-order valence-corrected chi connectivity index (χ0v) is 19.1. The van der Waals surface area contributed by atoms with Crippen LogP contribution in [-0.2, 0) is 6.54 Å². The number of fused-ring (bicyclic) bond motifs is 1. The summed E-state index contributed by atoms with van der Waals surface area (Å²) >= 11 is 0. The van der Waals surface area contributed by atoms with Crippen LogP contribution in [-0.4, -0.2) is 43.6 Å². The van der Waals surface area contributed by atoms with Gasteiger partial charge in [0, 0.05) is 36.6 Å². The number of nitrogens with one attached hydrogen (secondary N) is 1. The van der Waals surface area contributed by atoms with Crippen LogP contribution in [0.3, 0.4) is 0 Å². The Morgan fingerprint density at radius 1 is 1.09 bits per heavy atom. The molecule has 1 aliphatic rings. The molecule has 0 saturated carbocycles. The topological polar surface area (TPSA) is 92.9 Å². The maximum atomic E-state index is 13.4. The Hall–Kier alpha value is -2.93. The summed E-state index contributed by atoms with van der Waals surface area (Å²) in [6.07, 6.45) is 10.5. The molecule has 7 heteroatoms. The van der Waals surface area contributed by atoms with E-state index in [9.17, 15) is 4.79 Å². The van der Waals surface area contributed by atoms with Crippen molar-refractivity contribution in [1.82, 2.24) is 19.0 Å². The number of benzene rings is 1. The molecule has 32 heavy (non-hydrogen) atoms. The van der Waals surface area contributed by atoms with E-state index in [2.05, 4.69) is 23.7 Å². The maximum Gasteiger partial charge on any atom is 0.277 e. The summed E-state index contributed by atoms with van der Waals surface area (Å²) in [7, 11) is 0. The molecular formula is C25H34N6O. The molecule has 2 atom stereocenters. The van der Waals surface area contributed by atoms with E-state index in [1.54, 1.807) is 18.5 Å². The van der Waals surface area contributed by atoms with Crippen LogP contribution in [0.5, 0.6) is 0 Å². The SMILES string of the molecule is C[C@@H]1CCC[C@H](C)N1CCCCCn1c(=O)c(-c2ccn(C(=N)N)c2)nc2ccccc21. The molecule has 1 saturated heterocycles. The van der Waals surface area contributed by atoms with Crippen LogP contribution in [0, 0.1) is 5.41 Å². The van der Waals surface area contributed by atoms with Crippen LogP contribution in [0.25, 0.3) is 22.3 Å². The second-order valence-electron chi connectivity index (χ2n) is 9.03. The summed E-state index contributed by atoms with van der Waals surface area (Å²) in [5.41, 5.74) is 8.22. The Labute approximate surface area is 189 Å². The fourth-order valence-electron chi connectivity index (χ4n) is 4.95. The lowest BCUT2D eigenvalue weighted by Crippen LogP contribution is -2.44. The summed E-state index contributed by atoms with van der Waals surface area (Å²) in [5.74, 6) is -0.0882. The number of nitrogen functional groups attached to an aromatic ring is 1. The lowest BCUT2D eigenvalue weighted by Gasteiger charge is -2.39. The summed E-state index contributed by atoms with van der Waals surface area (Å²) < 4.78 is 3.34. The molecule has 4 rings (SSSR count).